The fourth-order valence-electron chi connectivity index (χ4n) is 8.99. The van der Waals surface area contributed by atoms with Crippen molar-refractivity contribution >= 4 is 52.6 Å². The molecular weight excluding hydrogens is 937 g/mol. The van der Waals surface area contributed by atoms with Gasteiger partial charge in [0.25, 0.3) is 5.56 Å². The summed E-state index contributed by atoms with van der Waals surface area (Å²) < 4.78 is 29.8. The highest BCUT2D eigenvalue weighted by atomic mass is 16.6. The molecule has 0 radical (unpaired) electrons. The summed E-state index contributed by atoms with van der Waals surface area (Å²) in [5, 5.41) is 6.08. The lowest BCUT2D eigenvalue weighted by Crippen LogP contribution is -2.48. The molecule has 0 aliphatic carbocycles. The molecule has 1 unspecified atom stereocenters. The zero-order valence-electron chi connectivity index (χ0n) is 42.5. The van der Waals surface area contributed by atoms with Gasteiger partial charge in [-0.05, 0) is 95.3 Å². The fourth-order valence-corrected chi connectivity index (χ4v) is 8.99. The van der Waals surface area contributed by atoms with Crippen molar-refractivity contribution in [3.8, 4) is 17.1 Å². The Hall–Kier alpha value is -7.69. The third-order valence-electron chi connectivity index (χ3n) is 12.3. The lowest BCUT2D eigenvalue weighted by molar-refractivity contribution is -0.189. The van der Waals surface area contributed by atoms with E-state index in [2.05, 4.69) is 10.6 Å². The molecule has 17 nitrogen and oxygen atoms in total. The zero-order chi connectivity index (χ0) is 52.8. The fraction of sp³-hybridized carbons (Fsp3) is 0.411. The minimum Gasteiger partial charge on any atom is -0.458 e. The van der Waals surface area contributed by atoms with Crippen molar-refractivity contribution in [1.82, 2.24) is 20.2 Å². The van der Waals surface area contributed by atoms with Crippen molar-refractivity contribution in [3.63, 3.8) is 0 Å². The molecule has 2 N–H and O–H groups in total. The third kappa shape index (κ3) is 12.7. The standard InChI is InChI=1S/C56H62N4O13/c1-9-36-37-29-35(70-47(63)25-23-45(61)57-42(51(66)72-54(3,4)5)27-33-17-13-11-14-18-33)21-22-41(37)59-49-38(36)31-60-44(49)30-40-39(50(60)65)32-69-53(68)56(40,10-2)71-48(64)26-24-46(62)58-43(52(67)73-55(6,7)8)28-34-19-15-12-16-20-34/h11-22,29-30,42-43H,9-10,23-28,31-32H2,1-8H3,(H,57,61)(H,58,62)/t42-,43?,56-/m0/s1. The van der Waals surface area contributed by atoms with Crippen LogP contribution in [0.25, 0.3) is 22.3 Å². The summed E-state index contributed by atoms with van der Waals surface area (Å²) in [5.74, 6) is -4.60. The van der Waals surface area contributed by atoms with Crippen molar-refractivity contribution in [1.29, 1.82) is 0 Å². The van der Waals surface area contributed by atoms with E-state index >= 15 is 0 Å². The number of pyridine rings is 2. The first-order valence-corrected chi connectivity index (χ1v) is 24.5. The number of ether oxygens (including phenoxy) is 5. The number of amides is 2. The normalized spacial score (nSPS) is 15.6. The molecule has 5 aromatic rings. The van der Waals surface area contributed by atoms with Gasteiger partial charge in [0.2, 0.25) is 17.4 Å². The quantitative estimate of drug-likeness (QED) is 0.0514. The van der Waals surface area contributed by atoms with Crippen LogP contribution in [0.4, 0.5) is 0 Å². The van der Waals surface area contributed by atoms with Crippen molar-refractivity contribution in [2.75, 3.05) is 0 Å². The van der Waals surface area contributed by atoms with Gasteiger partial charge >= 0.3 is 29.8 Å². The van der Waals surface area contributed by atoms with Crippen LogP contribution in [-0.2, 0) is 90.5 Å². The number of hydrogen-bond acceptors (Lipinski definition) is 14. The number of benzene rings is 3. The van der Waals surface area contributed by atoms with Gasteiger partial charge in [0.15, 0.2) is 0 Å². The minimum atomic E-state index is -2.02. The van der Waals surface area contributed by atoms with E-state index in [4.69, 9.17) is 28.7 Å². The average Bonchev–Trinajstić information content (AvgIpc) is 3.70. The molecular formula is C56H62N4O13. The smallest absolute Gasteiger partial charge is 0.355 e. The number of rotatable bonds is 18. The Morgan fingerprint density at radius 1 is 0.712 bits per heavy atom. The summed E-state index contributed by atoms with van der Waals surface area (Å²) >= 11 is 0. The number of nitrogens with one attached hydrogen (secondary N) is 2. The van der Waals surface area contributed by atoms with Gasteiger partial charge in [0.05, 0.1) is 41.9 Å². The Morgan fingerprint density at radius 3 is 1.78 bits per heavy atom. The summed E-state index contributed by atoms with van der Waals surface area (Å²) in [6.45, 7) is 13.7. The number of esters is 5. The Bertz CT molecular complexity index is 3010. The van der Waals surface area contributed by atoms with E-state index < -0.39 is 82.5 Å². The summed E-state index contributed by atoms with van der Waals surface area (Å²) in [4.78, 5) is 112. The van der Waals surface area contributed by atoms with Gasteiger partial charge in [0, 0.05) is 42.2 Å². The molecule has 7 rings (SSSR count). The summed E-state index contributed by atoms with van der Waals surface area (Å²) in [6, 6.07) is 22.9. The minimum absolute atomic E-state index is 0.0945. The van der Waals surface area contributed by atoms with Gasteiger partial charge in [-0.1, -0.05) is 74.5 Å². The largest absolute Gasteiger partial charge is 0.458 e. The van der Waals surface area contributed by atoms with Gasteiger partial charge in [-0.15, -0.1) is 0 Å². The Labute approximate surface area is 423 Å². The van der Waals surface area contributed by atoms with Crippen molar-refractivity contribution in [3.05, 3.63) is 129 Å². The van der Waals surface area contributed by atoms with Crippen LogP contribution in [0, 0.1) is 0 Å². The van der Waals surface area contributed by atoms with Gasteiger partial charge in [-0.2, -0.15) is 0 Å². The molecule has 0 spiro atoms. The SMILES string of the molecule is CCc1c2c(nc3ccc(OC(=O)CCC(=O)N[C@@H](Cc4ccccc4)C(=O)OC(C)(C)C)cc13)-c1cc3c(c(=O)n1C2)COC(=O)[C@@]3(CC)OC(=O)CCC(=O)NC(Cc1ccccc1)C(=O)OC(C)(C)C. The van der Waals surface area contributed by atoms with E-state index in [1.165, 1.54) is 4.57 Å². The van der Waals surface area contributed by atoms with Crippen LogP contribution in [0.5, 0.6) is 5.75 Å². The topological polar surface area (TPSA) is 225 Å². The highest BCUT2D eigenvalue weighted by molar-refractivity contribution is 5.92. The number of carbonyl (C=O) groups excluding carboxylic acids is 7. The molecule has 3 atom stereocenters. The molecule has 4 heterocycles. The number of hydrogen-bond donors (Lipinski definition) is 2. The molecule has 0 fully saturated rings. The molecule has 0 saturated heterocycles. The van der Waals surface area contributed by atoms with E-state index in [1.54, 1.807) is 72.7 Å². The van der Waals surface area contributed by atoms with Crippen LogP contribution in [0.1, 0.15) is 121 Å². The molecule has 0 saturated carbocycles. The number of aryl methyl sites for hydroxylation is 1. The maximum Gasteiger partial charge on any atom is 0.355 e. The van der Waals surface area contributed by atoms with Crippen LogP contribution in [0.3, 0.4) is 0 Å². The number of carbonyl (C=O) groups is 7. The van der Waals surface area contributed by atoms with E-state index in [-0.39, 0.29) is 68.6 Å². The summed E-state index contributed by atoms with van der Waals surface area (Å²) in [5.41, 5.74) is 0.817. The molecule has 0 bridgehead atoms. The van der Waals surface area contributed by atoms with Crippen LogP contribution in [-0.4, -0.2) is 74.5 Å². The van der Waals surface area contributed by atoms with Crippen molar-refractivity contribution < 1.29 is 57.2 Å². The second kappa shape index (κ2) is 22.0. The second-order valence-electron chi connectivity index (χ2n) is 20.2. The monoisotopic (exact) mass is 998 g/mol. The second-order valence-corrected chi connectivity index (χ2v) is 20.2. The molecule has 2 aliphatic rings. The highest BCUT2D eigenvalue weighted by Crippen LogP contribution is 2.42. The van der Waals surface area contributed by atoms with E-state index in [0.29, 0.717) is 28.7 Å². The molecule has 384 valence electrons. The van der Waals surface area contributed by atoms with Crippen molar-refractivity contribution in [2.45, 2.75) is 149 Å². The molecule has 2 aromatic heterocycles. The zero-order valence-corrected chi connectivity index (χ0v) is 42.5. The predicted molar refractivity (Wildman–Crippen MR) is 268 cm³/mol. The van der Waals surface area contributed by atoms with Crippen LogP contribution in [0.2, 0.25) is 0 Å². The van der Waals surface area contributed by atoms with Gasteiger partial charge in [-0.25, -0.2) is 19.4 Å². The first-order valence-electron chi connectivity index (χ1n) is 24.5. The van der Waals surface area contributed by atoms with Crippen LogP contribution in [0.15, 0.2) is 89.7 Å². The van der Waals surface area contributed by atoms with Gasteiger partial charge in [-0.3, -0.25) is 24.0 Å². The molecule has 2 aliphatic heterocycles. The summed E-state index contributed by atoms with van der Waals surface area (Å²) in [6.07, 6.45) is -0.595. The first-order chi connectivity index (χ1) is 34.6. The van der Waals surface area contributed by atoms with E-state index in [0.717, 1.165) is 22.3 Å². The molecule has 2 amide bonds. The Kier molecular flexibility index (Phi) is 16.0. The lowest BCUT2D eigenvalue weighted by Gasteiger charge is -2.35. The van der Waals surface area contributed by atoms with E-state index in [1.807, 2.05) is 67.6 Å². The number of aromatic nitrogens is 2. The van der Waals surface area contributed by atoms with Crippen LogP contribution >= 0.6 is 0 Å². The highest BCUT2D eigenvalue weighted by Gasteiger charge is 2.50. The Morgan fingerprint density at radius 2 is 1.26 bits per heavy atom. The van der Waals surface area contributed by atoms with Crippen molar-refractivity contribution in [2.24, 2.45) is 0 Å². The maximum absolute atomic E-state index is 14.4. The van der Waals surface area contributed by atoms with E-state index in [9.17, 15) is 38.4 Å². The average molecular weight is 999 g/mol. The number of cyclic esters (lactones) is 1. The third-order valence-corrected chi connectivity index (χ3v) is 12.3. The van der Waals surface area contributed by atoms with Gasteiger partial charge in [0.1, 0.15) is 35.6 Å². The van der Waals surface area contributed by atoms with Crippen LogP contribution < -0.4 is 20.9 Å². The van der Waals surface area contributed by atoms with Gasteiger partial charge < -0.3 is 38.9 Å². The number of nitrogens with zero attached hydrogens (tertiary/aromatic N) is 2. The predicted octanol–water partition coefficient (Wildman–Crippen LogP) is 6.80. The molecule has 17 heteroatoms. The lowest BCUT2D eigenvalue weighted by atomic mass is 9.85. The molecule has 3 aromatic carbocycles. The molecule has 73 heavy (non-hydrogen) atoms. The Balaban J connectivity index is 1.05. The maximum atomic E-state index is 14.4. The first kappa shape index (κ1) is 53.1. The number of fused-ring (bicyclic) bond motifs is 5. The summed E-state index contributed by atoms with van der Waals surface area (Å²) in [7, 11) is 0.